The van der Waals surface area contributed by atoms with Crippen LogP contribution >= 0.6 is 0 Å². The highest BCUT2D eigenvalue weighted by atomic mass is 16.9. The van der Waals surface area contributed by atoms with Crippen molar-refractivity contribution in [3.63, 3.8) is 0 Å². The maximum Gasteiger partial charge on any atom is 0.497 e. The number of rotatable bonds is 0. The fourth-order valence-corrected chi connectivity index (χ4v) is 1.43. The Morgan fingerprint density at radius 3 is 2.59 bits per heavy atom. The van der Waals surface area contributed by atoms with Crippen molar-refractivity contribution >= 4 is 16.9 Å². The van der Waals surface area contributed by atoms with Gasteiger partial charge in [-0.1, -0.05) is 0 Å². The number of aromatic nitrogens is 3. The maximum atomic E-state index is 8.63. The second kappa shape index (κ2) is 4.84. The zero-order chi connectivity index (χ0) is 13.0. The molecule has 0 amide bonds. The summed E-state index contributed by atoms with van der Waals surface area (Å²) in [5.74, 6) is 0.292. The summed E-state index contributed by atoms with van der Waals surface area (Å²) in [6, 6.07) is 1.92. The van der Waals surface area contributed by atoms with Crippen LogP contribution in [-0.2, 0) is 0 Å². The normalized spacial score (nSPS) is 9.24. The fraction of sp³-hybridized carbons (Fsp3) is 0.250. The lowest BCUT2D eigenvalue weighted by Crippen LogP contribution is -1.84. The van der Waals surface area contributed by atoms with E-state index < -0.39 is 5.09 Å². The minimum Gasteiger partial charge on any atom is -0.356 e. The third kappa shape index (κ3) is 2.85. The average Bonchev–Trinajstić information content (AvgIpc) is 2.59. The Morgan fingerprint density at radius 2 is 2.06 bits per heavy atom. The van der Waals surface area contributed by atoms with Gasteiger partial charge in [0.05, 0.1) is 15.6 Å². The van der Waals surface area contributed by atoms with Crippen molar-refractivity contribution in [1.29, 1.82) is 5.39 Å². The van der Waals surface area contributed by atoms with Gasteiger partial charge in [-0.25, -0.2) is 4.98 Å². The fourth-order valence-electron chi connectivity index (χ4n) is 1.43. The van der Waals surface area contributed by atoms with Gasteiger partial charge in [-0.3, -0.25) is 0 Å². The van der Waals surface area contributed by atoms with E-state index in [2.05, 4.69) is 20.2 Å². The molecule has 2 heterocycles. The van der Waals surface area contributed by atoms with Gasteiger partial charge < -0.3 is 15.3 Å². The molecule has 2 rings (SSSR count). The number of aromatic amines is 1. The molecule has 0 saturated carbocycles. The number of diazo groups is 1. The van der Waals surface area contributed by atoms with Crippen LogP contribution in [0, 0.1) is 34.6 Å². The number of pyridine rings is 1. The van der Waals surface area contributed by atoms with Crippen LogP contribution in [0.2, 0.25) is 0 Å². The van der Waals surface area contributed by atoms with Gasteiger partial charge in [0, 0.05) is 10.7 Å². The van der Waals surface area contributed by atoms with Crippen LogP contribution < -0.4 is 0 Å². The Balaban J connectivity index is 0.000000317. The van der Waals surface area contributed by atoms with Gasteiger partial charge in [0.15, 0.2) is 5.65 Å². The van der Waals surface area contributed by atoms with Crippen LogP contribution in [0.25, 0.3) is 16.0 Å². The Labute approximate surface area is 94.8 Å². The number of fused-ring (bicyclic) bond motifs is 1. The van der Waals surface area contributed by atoms with Gasteiger partial charge >= 0.3 is 5.82 Å². The molecule has 88 valence electrons. The smallest absolute Gasteiger partial charge is 0.356 e. The minimum atomic E-state index is -1.75. The summed E-state index contributed by atoms with van der Waals surface area (Å²) < 4.78 is 0. The molecule has 0 saturated heterocycles. The molecule has 0 fully saturated rings. The van der Waals surface area contributed by atoms with Gasteiger partial charge in [-0.15, -0.1) is 0 Å². The quantitative estimate of drug-likeness (QED) is 0.420. The van der Waals surface area contributed by atoms with Gasteiger partial charge in [0.25, 0.3) is 0 Å². The van der Waals surface area contributed by atoms with E-state index in [0.29, 0.717) is 11.5 Å². The van der Waals surface area contributed by atoms with Crippen LogP contribution in [0.3, 0.4) is 0 Å². The number of hydrogen-bond donors (Lipinski definition) is 1. The van der Waals surface area contributed by atoms with E-state index in [1.54, 1.807) is 0 Å². The molecule has 0 aromatic carbocycles. The summed E-state index contributed by atoms with van der Waals surface area (Å²) in [4.78, 5) is 15.5. The Kier molecular flexibility index (Phi) is 3.51. The second-order valence-electron chi connectivity index (χ2n) is 3.17. The van der Waals surface area contributed by atoms with Gasteiger partial charge in [-0.2, -0.15) is 5.10 Å². The van der Waals surface area contributed by atoms with Crippen molar-refractivity contribution < 1.29 is 5.09 Å². The predicted octanol–water partition coefficient (Wildman–Crippen LogP) is 1.82. The summed E-state index contributed by atoms with van der Waals surface area (Å²) in [5, 5.41) is 30.7. The van der Waals surface area contributed by atoms with E-state index in [1.807, 2.05) is 19.9 Å². The number of hydrogen-bond acceptors (Lipinski definition) is 6. The minimum absolute atomic E-state index is 0.292. The molecule has 1 N–H and O–H groups in total. The third-order valence-electron chi connectivity index (χ3n) is 1.93. The van der Waals surface area contributed by atoms with Crippen molar-refractivity contribution in [2.45, 2.75) is 13.8 Å². The zero-order valence-corrected chi connectivity index (χ0v) is 9.04. The van der Waals surface area contributed by atoms with Crippen LogP contribution in [0.1, 0.15) is 11.3 Å². The molecule has 0 aliphatic heterocycles. The van der Waals surface area contributed by atoms with Crippen molar-refractivity contribution in [3.05, 3.63) is 37.6 Å². The average molecular weight is 236 g/mol. The molecule has 2 aromatic heterocycles. The highest BCUT2D eigenvalue weighted by Gasteiger charge is 2.19. The molecule has 0 atom stereocenters. The SMILES string of the molecule is Cc1cc(C)c2c([N+]#N)n[nH]c2n1.O=[N+]([O-])[O-]. The molecule has 0 aliphatic rings. The molecule has 0 bridgehead atoms. The first-order chi connectivity index (χ1) is 7.95. The molecule has 0 radical (unpaired) electrons. The highest BCUT2D eigenvalue weighted by molar-refractivity contribution is 5.90. The van der Waals surface area contributed by atoms with Crippen LogP contribution in [-0.4, -0.2) is 20.3 Å². The standard InChI is InChI=1S/C8H8N5.NO3/c1-4-3-5(2)10-7-6(4)8(11-9)13-12-7;2-1(3)4/h3H,1-2H3,(H,10,12,13);/q+1;-1. The van der Waals surface area contributed by atoms with E-state index >= 15 is 0 Å². The topological polar surface area (TPSA) is 136 Å². The zero-order valence-electron chi connectivity index (χ0n) is 9.04. The van der Waals surface area contributed by atoms with E-state index in [4.69, 9.17) is 20.7 Å². The van der Waals surface area contributed by atoms with Crippen molar-refractivity contribution in [2.24, 2.45) is 0 Å². The number of aryl methyl sites for hydroxylation is 2. The summed E-state index contributed by atoms with van der Waals surface area (Å²) in [5.41, 5.74) is 2.58. The molecule has 0 unspecified atom stereocenters. The highest BCUT2D eigenvalue weighted by Crippen LogP contribution is 2.25. The summed E-state index contributed by atoms with van der Waals surface area (Å²) in [6.45, 7) is 3.84. The lowest BCUT2D eigenvalue weighted by atomic mass is 10.2. The molecule has 17 heavy (non-hydrogen) atoms. The van der Waals surface area contributed by atoms with E-state index in [1.165, 1.54) is 0 Å². The first kappa shape index (κ1) is 12.3. The number of nitrogens with one attached hydrogen (secondary N) is 1. The van der Waals surface area contributed by atoms with E-state index in [-0.39, 0.29) is 0 Å². The molecule has 2 aromatic rings. The Morgan fingerprint density at radius 1 is 1.47 bits per heavy atom. The monoisotopic (exact) mass is 236 g/mol. The molecule has 0 aliphatic carbocycles. The lowest BCUT2D eigenvalue weighted by Gasteiger charge is -1.93. The lowest BCUT2D eigenvalue weighted by molar-refractivity contribution is -0.402. The molecule has 0 spiro atoms. The van der Waals surface area contributed by atoms with E-state index in [9.17, 15) is 0 Å². The summed E-state index contributed by atoms with van der Waals surface area (Å²) in [7, 11) is 0. The molecule has 9 nitrogen and oxygen atoms in total. The predicted molar refractivity (Wildman–Crippen MR) is 58.5 cm³/mol. The van der Waals surface area contributed by atoms with E-state index in [0.717, 1.165) is 16.6 Å². The third-order valence-corrected chi connectivity index (χ3v) is 1.93. The number of H-pyrrole nitrogens is 1. The van der Waals surface area contributed by atoms with Crippen molar-refractivity contribution in [1.82, 2.24) is 15.2 Å². The Hall–Kier alpha value is -2.76. The molecular formula is C8H8N6O3. The van der Waals surface area contributed by atoms with Crippen LogP contribution in [0.5, 0.6) is 0 Å². The van der Waals surface area contributed by atoms with Crippen molar-refractivity contribution in [2.75, 3.05) is 0 Å². The first-order valence-electron chi connectivity index (χ1n) is 4.44. The van der Waals surface area contributed by atoms with Gasteiger partial charge in [-0.05, 0) is 25.5 Å². The molecule has 9 heteroatoms. The van der Waals surface area contributed by atoms with Crippen molar-refractivity contribution in [3.8, 4) is 0 Å². The second-order valence-corrected chi connectivity index (χ2v) is 3.17. The van der Waals surface area contributed by atoms with Crippen LogP contribution in [0.15, 0.2) is 6.07 Å². The van der Waals surface area contributed by atoms with Gasteiger partial charge in [0.1, 0.15) is 5.39 Å². The van der Waals surface area contributed by atoms with Gasteiger partial charge in [0.2, 0.25) is 0 Å². The summed E-state index contributed by atoms with van der Waals surface area (Å²) >= 11 is 0. The van der Waals surface area contributed by atoms with Crippen LogP contribution in [0.4, 0.5) is 5.82 Å². The first-order valence-corrected chi connectivity index (χ1v) is 4.44. The Bertz CT molecular complexity index is 595. The molecular weight excluding hydrogens is 228 g/mol. The maximum absolute atomic E-state index is 8.63. The number of nitrogens with zero attached hydrogens (tertiary/aromatic N) is 5. The summed E-state index contributed by atoms with van der Waals surface area (Å²) in [6.07, 6.45) is 0. The largest absolute Gasteiger partial charge is 0.497 e.